The first kappa shape index (κ1) is 9.85. The summed E-state index contributed by atoms with van der Waals surface area (Å²) in [6, 6.07) is -1.14. The van der Waals surface area contributed by atoms with Crippen LogP contribution in [0.2, 0.25) is 0 Å². The lowest BCUT2D eigenvalue weighted by molar-refractivity contribution is -0.148. The second-order valence-electron chi connectivity index (χ2n) is 3.11. The molecule has 1 aliphatic rings. The molecule has 0 radical (unpaired) electrons. The zero-order valence-corrected chi connectivity index (χ0v) is 6.33. The number of rotatable bonds is 1. The molecule has 0 saturated heterocycles. The SMILES string of the molecule is N[C@@H]1[C@@H](O)[C@H](O)[C@](O)(CO)[C@H]1O. The monoisotopic (exact) mass is 179 g/mol. The van der Waals surface area contributed by atoms with Crippen molar-refractivity contribution >= 4 is 0 Å². The molecule has 72 valence electrons. The van der Waals surface area contributed by atoms with Crippen molar-refractivity contribution in [1.82, 2.24) is 0 Å². The van der Waals surface area contributed by atoms with Crippen LogP contribution in [0.4, 0.5) is 0 Å². The second-order valence-corrected chi connectivity index (χ2v) is 3.11. The normalized spacial score (nSPS) is 54.5. The average Bonchev–Trinajstić information content (AvgIpc) is 2.22. The fourth-order valence-electron chi connectivity index (χ4n) is 1.39. The van der Waals surface area contributed by atoms with Gasteiger partial charge in [0.05, 0.1) is 12.6 Å². The van der Waals surface area contributed by atoms with Crippen LogP contribution in [0.25, 0.3) is 0 Å². The Morgan fingerprint density at radius 2 is 1.67 bits per heavy atom. The molecule has 0 bridgehead atoms. The van der Waals surface area contributed by atoms with Gasteiger partial charge in [-0.3, -0.25) is 0 Å². The maximum absolute atomic E-state index is 9.39. The van der Waals surface area contributed by atoms with Crippen molar-refractivity contribution in [3.8, 4) is 0 Å². The molecule has 0 heterocycles. The molecule has 0 aromatic carbocycles. The highest BCUT2D eigenvalue weighted by Gasteiger charge is 2.57. The summed E-state index contributed by atoms with van der Waals surface area (Å²) < 4.78 is 0. The summed E-state index contributed by atoms with van der Waals surface area (Å²) in [5.41, 5.74) is 3.12. The zero-order valence-electron chi connectivity index (χ0n) is 6.33. The summed E-state index contributed by atoms with van der Waals surface area (Å²) in [4.78, 5) is 0. The minimum absolute atomic E-state index is 0.847. The fourth-order valence-corrected chi connectivity index (χ4v) is 1.39. The molecule has 0 aliphatic heterocycles. The van der Waals surface area contributed by atoms with Crippen LogP contribution < -0.4 is 5.73 Å². The second kappa shape index (κ2) is 2.91. The lowest BCUT2D eigenvalue weighted by atomic mass is 9.98. The first-order valence-corrected chi connectivity index (χ1v) is 3.58. The fraction of sp³-hybridized carbons (Fsp3) is 1.00. The predicted molar refractivity (Wildman–Crippen MR) is 38.0 cm³/mol. The average molecular weight is 179 g/mol. The molecular formula is C6H13NO5. The van der Waals surface area contributed by atoms with Gasteiger partial charge in [0.2, 0.25) is 0 Å². The maximum atomic E-state index is 9.39. The van der Waals surface area contributed by atoms with E-state index >= 15 is 0 Å². The Kier molecular flexibility index (Phi) is 2.39. The van der Waals surface area contributed by atoms with Crippen LogP contribution in [0.3, 0.4) is 0 Å². The Labute approximate surface area is 68.9 Å². The van der Waals surface area contributed by atoms with Crippen LogP contribution >= 0.6 is 0 Å². The molecule has 6 heteroatoms. The molecule has 12 heavy (non-hydrogen) atoms. The van der Waals surface area contributed by atoms with E-state index in [-0.39, 0.29) is 0 Å². The minimum Gasteiger partial charge on any atom is -0.393 e. The highest BCUT2D eigenvalue weighted by atomic mass is 16.4. The quantitative estimate of drug-likeness (QED) is 0.244. The van der Waals surface area contributed by atoms with Gasteiger partial charge in [0.1, 0.15) is 23.9 Å². The van der Waals surface area contributed by atoms with Crippen molar-refractivity contribution in [1.29, 1.82) is 0 Å². The number of hydrogen-bond acceptors (Lipinski definition) is 6. The molecule has 1 fully saturated rings. The molecule has 1 saturated carbocycles. The highest BCUT2D eigenvalue weighted by Crippen LogP contribution is 2.29. The van der Waals surface area contributed by atoms with Gasteiger partial charge in [-0.15, -0.1) is 0 Å². The molecule has 5 atom stereocenters. The van der Waals surface area contributed by atoms with E-state index in [1.807, 2.05) is 0 Å². The van der Waals surface area contributed by atoms with E-state index in [9.17, 15) is 10.2 Å². The number of aliphatic hydroxyl groups is 5. The van der Waals surface area contributed by atoms with Gasteiger partial charge in [-0.25, -0.2) is 0 Å². The molecule has 0 unspecified atom stereocenters. The summed E-state index contributed by atoms with van der Waals surface area (Å²) in [6.07, 6.45) is -4.56. The van der Waals surface area contributed by atoms with Crippen LogP contribution in [0.1, 0.15) is 0 Å². The van der Waals surface area contributed by atoms with Crippen LogP contribution in [0.15, 0.2) is 0 Å². The van der Waals surface area contributed by atoms with E-state index < -0.39 is 36.6 Å². The number of aliphatic hydroxyl groups excluding tert-OH is 4. The van der Waals surface area contributed by atoms with Crippen LogP contribution in [0, 0.1) is 0 Å². The zero-order chi connectivity index (χ0) is 9.52. The van der Waals surface area contributed by atoms with Crippen LogP contribution in [-0.2, 0) is 0 Å². The maximum Gasteiger partial charge on any atom is 0.143 e. The summed E-state index contributed by atoms with van der Waals surface area (Å²) >= 11 is 0. The molecule has 6 nitrogen and oxygen atoms in total. The summed E-state index contributed by atoms with van der Waals surface area (Å²) in [5.74, 6) is 0. The van der Waals surface area contributed by atoms with Gasteiger partial charge in [-0.1, -0.05) is 0 Å². The molecule has 0 spiro atoms. The minimum atomic E-state index is -2.11. The van der Waals surface area contributed by atoms with Crippen LogP contribution in [-0.4, -0.2) is 62.1 Å². The third kappa shape index (κ3) is 1.05. The van der Waals surface area contributed by atoms with Gasteiger partial charge in [-0.05, 0) is 0 Å². The number of nitrogens with two attached hydrogens (primary N) is 1. The third-order valence-corrected chi connectivity index (χ3v) is 2.36. The van der Waals surface area contributed by atoms with E-state index in [2.05, 4.69) is 0 Å². The van der Waals surface area contributed by atoms with E-state index in [4.69, 9.17) is 21.1 Å². The summed E-state index contributed by atoms with van der Waals surface area (Å²) in [7, 11) is 0. The van der Waals surface area contributed by atoms with E-state index in [0.717, 1.165) is 0 Å². The molecule has 7 N–H and O–H groups in total. The van der Waals surface area contributed by atoms with Crippen molar-refractivity contribution in [2.45, 2.75) is 30.0 Å². The standard InChI is InChI=1S/C6H13NO5/c7-2-3(9)5(11)6(12,1-8)4(2)10/h2-5,8-12H,1,7H2/t2-,3-,4+,5+,6+/m1/s1. The molecule has 0 aromatic rings. The molecule has 0 aromatic heterocycles. The van der Waals surface area contributed by atoms with Gasteiger partial charge in [0.15, 0.2) is 0 Å². The predicted octanol–water partition coefficient (Wildman–Crippen LogP) is -3.87. The topological polar surface area (TPSA) is 127 Å². The van der Waals surface area contributed by atoms with Gasteiger partial charge in [0.25, 0.3) is 0 Å². The molecule has 0 amide bonds. The Hall–Kier alpha value is -0.240. The lowest BCUT2D eigenvalue weighted by Gasteiger charge is -2.27. The largest absolute Gasteiger partial charge is 0.393 e. The molecular weight excluding hydrogens is 166 g/mol. The number of hydrogen-bond donors (Lipinski definition) is 6. The lowest BCUT2D eigenvalue weighted by Crippen LogP contribution is -2.52. The third-order valence-electron chi connectivity index (χ3n) is 2.36. The smallest absolute Gasteiger partial charge is 0.143 e. The molecule has 1 aliphatic carbocycles. The van der Waals surface area contributed by atoms with Gasteiger partial charge in [0, 0.05) is 0 Å². The van der Waals surface area contributed by atoms with Crippen molar-refractivity contribution in [2.24, 2.45) is 5.73 Å². The summed E-state index contributed by atoms with van der Waals surface area (Å²) in [6.45, 7) is -0.847. The van der Waals surface area contributed by atoms with E-state index in [0.29, 0.717) is 0 Å². The Balaban J connectivity index is 2.90. The van der Waals surface area contributed by atoms with Crippen molar-refractivity contribution in [2.75, 3.05) is 6.61 Å². The van der Waals surface area contributed by atoms with Gasteiger partial charge in [-0.2, -0.15) is 0 Å². The van der Waals surface area contributed by atoms with Gasteiger partial charge >= 0.3 is 0 Å². The van der Waals surface area contributed by atoms with Crippen molar-refractivity contribution < 1.29 is 25.5 Å². The Morgan fingerprint density at radius 1 is 1.17 bits per heavy atom. The molecule has 1 rings (SSSR count). The van der Waals surface area contributed by atoms with Crippen molar-refractivity contribution in [3.05, 3.63) is 0 Å². The van der Waals surface area contributed by atoms with Crippen molar-refractivity contribution in [3.63, 3.8) is 0 Å². The van der Waals surface area contributed by atoms with E-state index in [1.165, 1.54) is 0 Å². The first-order chi connectivity index (χ1) is 5.45. The van der Waals surface area contributed by atoms with E-state index in [1.54, 1.807) is 0 Å². The highest BCUT2D eigenvalue weighted by molar-refractivity contribution is 5.10. The first-order valence-electron chi connectivity index (χ1n) is 3.58. The Morgan fingerprint density at radius 3 is 1.83 bits per heavy atom. The Bertz CT molecular complexity index is 161. The van der Waals surface area contributed by atoms with Crippen LogP contribution in [0.5, 0.6) is 0 Å². The summed E-state index contributed by atoms with van der Waals surface area (Å²) in [5, 5.41) is 45.5. The van der Waals surface area contributed by atoms with Gasteiger partial charge < -0.3 is 31.3 Å².